The molecule has 0 fully saturated rings. The molecule has 1 amide bonds. The van der Waals surface area contributed by atoms with E-state index in [-0.39, 0.29) is 5.91 Å². The topological polar surface area (TPSA) is 72.9 Å². The lowest BCUT2D eigenvalue weighted by molar-refractivity contribution is 0.102. The minimum absolute atomic E-state index is 0.176. The quantitative estimate of drug-likeness (QED) is 0.843. The zero-order valence-corrected chi connectivity index (χ0v) is 12.2. The van der Waals surface area contributed by atoms with Gasteiger partial charge in [-0.2, -0.15) is 5.10 Å². The van der Waals surface area contributed by atoms with Crippen molar-refractivity contribution in [1.82, 2.24) is 9.78 Å². The molecule has 21 heavy (non-hydrogen) atoms. The van der Waals surface area contributed by atoms with E-state index in [0.29, 0.717) is 17.8 Å². The van der Waals surface area contributed by atoms with Crippen molar-refractivity contribution < 1.29 is 4.79 Å². The van der Waals surface area contributed by atoms with E-state index in [4.69, 9.17) is 5.73 Å². The fourth-order valence-electron chi connectivity index (χ4n) is 1.94. The third kappa shape index (κ3) is 3.94. The van der Waals surface area contributed by atoms with Crippen molar-refractivity contribution in [3.63, 3.8) is 0 Å². The van der Waals surface area contributed by atoms with Gasteiger partial charge in [0, 0.05) is 23.9 Å². The van der Waals surface area contributed by atoms with Crippen LogP contribution in [0.4, 0.5) is 5.69 Å². The highest BCUT2D eigenvalue weighted by Gasteiger charge is 2.09. The molecule has 0 aliphatic carbocycles. The van der Waals surface area contributed by atoms with Gasteiger partial charge in [-0.1, -0.05) is 11.8 Å². The Morgan fingerprint density at radius 1 is 1.43 bits per heavy atom. The van der Waals surface area contributed by atoms with Gasteiger partial charge in [0.05, 0.1) is 18.4 Å². The van der Waals surface area contributed by atoms with Gasteiger partial charge in [0.25, 0.3) is 5.91 Å². The fraction of sp³-hybridized carbons (Fsp3) is 0.250. The summed E-state index contributed by atoms with van der Waals surface area (Å²) in [6.07, 6.45) is 3.43. The smallest absolute Gasteiger partial charge is 0.255 e. The summed E-state index contributed by atoms with van der Waals surface area (Å²) in [4.78, 5) is 12.3. The molecule has 0 atom stereocenters. The summed E-state index contributed by atoms with van der Waals surface area (Å²) in [6.45, 7) is 4.98. The third-order valence-electron chi connectivity index (χ3n) is 2.89. The maximum atomic E-state index is 12.3. The normalized spacial score (nSPS) is 9.86. The lowest BCUT2D eigenvalue weighted by atomic mass is 10.1. The second kappa shape index (κ2) is 6.73. The first-order valence-corrected chi connectivity index (χ1v) is 6.77. The van der Waals surface area contributed by atoms with Crippen LogP contribution in [0.1, 0.15) is 28.4 Å². The number of anilines is 1. The molecule has 0 saturated carbocycles. The van der Waals surface area contributed by atoms with Crippen molar-refractivity contribution in [2.24, 2.45) is 5.73 Å². The fourth-order valence-corrected chi connectivity index (χ4v) is 1.94. The SMILES string of the molecule is CCn1cc(NC(=O)c2cc(C)cc(C#CCN)c2)cn1. The number of nitrogens with zero attached hydrogens (tertiary/aromatic N) is 2. The van der Waals surface area contributed by atoms with Crippen LogP contribution in [0.15, 0.2) is 30.6 Å². The standard InChI is InChI=1S/C16H18N4O/c1-3-20-11-15(10-18-20)19-16(21)14-8-12(2)7-13(9-14)5-4-6-17/h7-11H,3,6,17H2,1-2H3,(H,19,21). The van der Waals surface area contributed by atoms with E-state index in [9.17, 15) is 4.79 Å². The Morgan fingerprint density at radius 2 is 2.24 bits per heavy atom. The largest absolute Gasteiger partial charge is 0.320 e. The summed E-state index contributed by atoms with van der Waals surface area (Å²) >= 11 is 0. The molecule has 2 aromatic rings. The van der Waals surface area contributed by atoms with Gasteiger partial charge >= 0.3 is 0 Å². The van der Waals surface area contributed by atoms with E-state index >= 15 is 0 Å². The van der Waals surface area contributed by atoms with Gasteiger partial charge in [0.15, 0.2) is 0 Å². The van der Waals surface area contributed by atoms with E-state index < -0.39 is 0 Å². The third-order valence-corrected chi connectivity index (χ3v) is 2.89. The molecule has 0 aliphatic heterocycles. The van der Waals surface area contributed by atoms with Crippen LogP contribution in [0.2, 0.25) is 0 Å². The second-order valence-electron chi connectivity index (χ2n) is 4.63. The number of aryl methyl sites for hydroxylation is 2. The molecule has 1 heterocycles. The molecule has 3 N–H and O–H groups in total. The average molecular weight is 282 g/mol. The van der Waals surface area contributed by atoms with Gasteiger partial charge in [-0.25, -0.2) is 0 Å². The maximum absolute atomic E-state index is 12.3. The number of carbonyl (C=O) groups is 1. The Balaban J connectivity index is 2.20. The van der Waals surface area contributed by atoms with Crippen molar-refractivity contribution in [3.8, 4) is 11.8 Å². The van der Waals surface area contributed by atoms with Crippen LogP contribution in [0, 0.1) is 18.8 Å². The summed E-state index contributed by atoms with van der Waals surface area (Å²) in [5.74, 6) is 5.56. The van der Waals surface area contributed by atoms with E-state index in [1.165, 1.54) is 0 Å². The zero-order valence-electron chi connectivity index (χ0n) is 12.2. The van der Waals surface area contributed by atoms with Crippen molar-refractivity contribution in [3.05, 3.63) is 47.3 Å². The van der Waals surface area contributed by atoms with Crippen LogP contribution in [0.25, 0.3) is 0 Å². The Hall–Kier alpha value is -2.58. The van der Waals surface area contributed by atoms with E-state index in [2.05, 4.69) is 22.3 Å². The number of amides is 1. The molecule has 0 aliphatic rings. The van der Waals surface area contributed by atoms with Crippen molar-refractivity contribution >= 4 is 11.6 Å². The molecule has 0 unspecified atom stereocenters. The number of rotatable bonds is 3. The summed E-state index contributed by atoms with van der Waals surface area (Å²) in [6, 6.07) is 5.51. The molecular formula is C16H18N4O. The van der Waals surface area contributed by atoms with Crippen LogP contribution >= 0.6 is 0 Å². The van der Waals surface area contributed by atoms with Crippen LogP contribution in [-0.4, -0.2) is 22.2 Å². The minimum Gasteiger partial charge on any atom is -0.320 e. The van der Waals surface area contributed by atoms with E-state index in [1.54, 1.807) is 23.1 Å². The first-order chi connectivity index (χ1) is 10.1. The van der Waals surface area contributed by atoms with Crippen LogP contribution in [0.5, 0.6) is 0 Å². The van der Waals surface area contributed by atoms with Gasteiger partial charge in [-0.05, 0) is 37.6 Å². The first kappa shape index (κ1) is 14.8. The number of aromatic nitrogens is 2. The number of hydrogen-bond donors (Lipinski definition) is 2. The number of hydrogen-bond acceptors (Lipinski definition) is 3. The molecule has 5 heteroatoms. The lowest BCUT2D eigenvalue weighted by Crippen LogP contribution is -2.12. The minimum atomic E-state index is -0.176. The van der Waals surface area contributed by atoms with Crippen molar-refractivity contribution in [2.75, 3.05) is 11.9 Å². The Morgan fingerprint density at radius 3 is 2.90 bits per heavy atom. The highest BCUT2D eigenvalue weighted by Crippen LogP contribution is 2.12. The lowest BCUT2D eigenvalue weighted by Gasteiger charge is -2.05. The van der Waals surface area contributed by atoms with Gasteiger partial charge in [-0.3, -0.25) is 9.48 Å². The molecule has 1 aromatic heterocycles. The van der Waals surface area contributed by atoms with Gasteiger partial charge in [0.2, 0.25) is 0 Å². The molecule has 0 saturated heterocycles. The number of benzene rings is 1. The van der Waals surface area contributed by atoms with E-state index in [0.717, 1.165) is 17.7 Å². The Bertz CT molecular complexity index is 707. The highest BCUT2D eigenvalue weighted by molar-refractivity contribution is 6.04. The van der Waals surface area contributed by atoms with Crippen LogP contribution in [-0.2, 0) is 6.54 Å². The molecule has 1 aromatic carbocycles. The van der Waals surface area contributed by atoms with Crippen LogP contribution in [0.3, 0.4) is 0 Å². The van der Waals surface area contributed by atoms with Crippen LogP contribution < -0.4 is 11.1 Å². The number of nitrogens with two attached hydrogens (primary N) is 1. The summed E-state index contributed by atoms with van der Waals surface area (Å²) in [7, 11) is 0. The van der Waals surface area contributed by atoms with Gasteiger partial charge in [-0.15, -0.1) is 0 Å². The van der Waals surface area contributed by atoms with Crippen molar-refractivity contribution in [1.29, 1.82) is 0 Å². The summed E-state index contributed by atoms with van der Waals surface area (Å²) in [5, 5.41) is 6.95. The number of nitrogens with one attached hydrogen (secondary N) is 1. The monoisotopic (exact) mass is 282 g/mol. The molecule has 108 valence electrons. The Kier molecular flexibility index (Phi) is 4.75. The molecule has 2 rings (SSSR count). The predicted molar refractivity (Wildman–Crippen MR) is 83.0 cm³/mol. The average Bonchev–Trinajstić information content (AvgIpc) is 2.92. The summed E-state index contributed by atoms with van der Waals surface area (Å²) < 4.78 is 1.75. The Labute approximate surface area is 124 Å². The molecule has 5 nitrogen and oxygen atoms in total. The zero-order chi connectivity index (χ0) is 15.2. The number of carbonyl (C=O) groups excluding carboxylic acids is 1. The maximum Gasteiger partial charge on any atom is 0.255 e. The molecule has 0 radical (unpaired) electrons. The summed E-state index contributed by atoms with van der Waals surface area (Å²) in [5.41, 5.74) is 8.38. The predicted octanol–water partition coefficient (Wildman–Crippen LogP) is 1.77. The van der Waals surface area contributed by atoms with Gasteiger partial charge in [0.1, 0.15) is 0 Å². The van der Waals surface area contributed by atoms with Gasteiger partial charge < -0.3 is 11.1 Å². The first-order valence-electron chi connectivity index (χ1n) is 6.77. The highest BCUT2D eigenvalue weighted by atomic mass is 16.1. The molecule has 0 bridgehead atoms. The second-order valence-corrected chi connectivity index (χ2v) is 4.63. The molecular weight excluding hydrogens is 264 g/mol. The van der Waals surface area contributed by atoms with Crippen molar-refractivity contribution in [2.45, 2.75) is 20.4 Å². The van der Waals surface area contributed by atoms with E-state index in [1.807, 2.05) is 26.0 Å². The molecule has 0 spiro atoms.